The molecule has 0 spiro atoms. The number of nitrogens with zero attached hydrogens (tertiary/aromatic N) is 1. The van der Waals surface area contributed by atoms with Crippen molar-refractivity contribution in [1.82, 2.24) is 10.3 Å². The minimum Gasteiger partial charge on any atom is -0.469 e. The van der Waals surface area contributed by atoms with Crippen LogP contribution in [0.2, 0.25) is 0 Å². The Morgan fingerprint density at radius 3 is 2.58 bits per heavy atom. The van der Waals surface area contributed by atoms with Crippen molar-refractivity contribution in [1.29, 1.82) is 0 Å². The summed E-state index contributed by atoms with van der Waals surface area (Å²) in [6.45, 7) is 2.19. The van der Waals surface area contributed by atoms with Gasteiger partial charge in [0.05, 0.1) is 18.4 Å². The smallest absolute Gasteiger partial charge is 0.313 e. The lowest BCUT2D eigenvalue weighted by Gasteiger charge is -2.16. The molecule has 0 aliphatic heterocycles. The molecule has 1 saturated carbocycles. The minimum atomic E-state index is -0.484. The molecule has 0 saturated heterocycles. The van der Waals surface area contributed by atoms with Crippen LogP contribution in [0.1, 0.15) is 31.2 Å². The highest BCUT2D eigenvalue weighted by Gasteiger charge is 2.51. The van der Waals surface area contributed by atoms with Crippen LogP contribution in [0.5, 0.6) is 0 Å². The topological polar surface area (TPSA) is 68.3 Å². The Labute approximate surface area is 112 Å². The van der Waals surface area contributed by atoms with Crippen LogP contribution >= 0.6 is 0 Å². The van der Waals surface area contributed by atoms with Gasteiger partial charge in [-0.3, -0.25) is 14.6 Å². The van der Waals surface area contributed by atoms with E-state index >= 15 is 0 Å². The van der Waals surface area contributed by atoms with E-state index in [-0.39, 0.29) is 17.8 Å². The molecule has 19 heavy (non-hydrogen) atoms. The number of esters is 1. The lowest BCUT2D eigenvalue weighted by Crippen LogP contribution is -2.36. The third-order valence-corrected chi connectivity index (χ3v) is 3.67. The van der Waals surface area contributed by atoms with Gasteiger partial charge in [-0.05, 0) is 37.5 Å². The van der Waals surface area contributed by atoms with Crippen LogP contribution in [-0.4, -0.2) is 30.5 Å². The van der Waals surface area contributed by atoms with Crippen molar-refractivity contribution in [3.8, 4) is 0 Å². The lowest BCUT2D eigenvalue weighted by atomic mass is 10.0. The van der Waals surface area contributed by atoms with Crippen molar-refractivity contribution in [2.45, 2.75) is 25.7 Å². The summed E-state index contributed by atoms with van der Waals surface area (Å²) in [5, 5.41) is 2.84. The Morgan fingerprint density at radius 1 is 1.42 bits per heavy atom. The van der Waals surface area contributed by atoms with Gasteiger partial charge in [-0.25, -0.2) is 0 Å². The van der Waals surface area contributed by atoms with Crippen molar-refractivity contribution in [2.24, 2.45) is 5.41 Å². The molecule has 5 nitrogen and oxygen atoms in total. The van der Waals surface area contributed by atoms with E-state index in [2.05, 4.69) is 10.3 Å². The molecule has 102 valence electrons. The SMILES string of the molecule is COC(=O)C1(CNC(=O)[C@@H](C)c2ccncc2)CC1. The summed E-state index contributed by atoms with van der Waals surface area (Å²) in [5.74, 6) is -0.567. The number of ether oxygens (including phenoxy) is 1. The third-order valence-electron chi connectivity index (χ3n) is 3.67. The van der Waals surface area contributed by atoms with Gasteiger partial charge in [0.25, 0.3) is 0 Å². The van der Waals surface area contributed by atoms with Crippen molar-refractivity contribution < 1.29 is 14.3 Å². The quantitative estimate of drug-likeness (QED) is 0.811. The van der Waals surface area contributed by atoms with E-state index in [9.17, 15) is 9.59 Å². The van der Waals surface area contributed by atoms with Crippen LogP contribution in [0, 0.1) is 5.41 Å². The minimum absolute atomic E-state index is 0.0821. The van der Waals surface area contributed by atoms with E-state index in [4.69, 9.17) is 4.74 Å². The van der Waals surface area contributed by atoms with Crippen LogP contribution in [0.3, 0.4) is 0 Å². The second kappa shape index (κ2) is 5.38. The van der Waals surface area contributed by atoms with Crippen LogP contribution in [0.15, 0.2) is 24.5 Å². The molecule has 1 atom stereocenters. The van der Waals surface area contributed by atoms with Gasteiger partial charge in [-0.1, -0.05) is 0 Å². The maximum absolute atomic E-state index is 12.0. The van der Waals surface area contributed by atoms with E-state index in [0.29, 0.717) is 6.54 Å². The predicted octanol–water partition coefficient (Wildman–Crippen LogP) is 1.25. The molecule has 0 radical (unpaired) electrons. The number of pyridine rings is 1. The summed E-state index contributed by atoms with van der Waals surface area (Å²) in [6.07, 6.45) is 4.89. The molecular weight excluding hydrogens is 244 g/mol. The summed E-state index contributed by atoms with van der Waals surface area (Å²) < 4.78 is 4.76. The zero-order chi connectivity index (χ0) is 13.9. The predicted molar refractivity (Wildman–Crippen MR) is 69.3 cm³/mol. The number of hydrogen-bond donors (Lipinski definition) is 1. The summed E-state index contributed by atoms with van der Waals surface area (Å²) in [5.41, 5.74) is 0.429. The summed E-state index contributed by atoms with van der Waals surface area (Å²) in [6, 6.07) is 3.63. The maximum atomic E-state index is 12.0. The fourth-order valence-corrected chi connectivity index (χ4v) is 2.03. The summed E-state index contributed by atoms with van der Waals surface area (Å²) >= 11 is 0. The third kappa shape index (κ3) is 2.92. The first-order valence-corrected chi connectivity index (χ1v) is 6.35. The summed E-state index contributed by atoms with van der Waals surface area (Å²) in [7, 11) is 1.38. The van der Waals surface area contributed by atoms with Gasteiger partial charge in [-0.2, -0.15) is 0 Å². The van der Waals surface area contributed by atoms with Crippen LogP contribution in [0.25, 0.3) is 0 Å². The van der Waals surface area contributed by atoms with E-state index in [1.165, 1.54) is 7.11 Å². The molecule has 0 unspecified atom stereocenters. The van der Waals surface area contributed by atoms with Crippen LogP contribution < -0.4 is 5.32 Å². The molecule has 0 bridgehead atoms. The molecule has 1 fully saturated rings. The molecule has 1 aliphatic rings. The zero-order valence-corrected chi connectivity index (χ0v) is 11.2. The monoisotopic (exact) mass is 262 g/mol. The van der Waals surface area contributed by atoms with Gasteiger partial charge in [0.2, 0.25) is 5.91 Å². The van der Waals surface area contributed by atoms with Gasteiger partial charge >= 0.3 is 5.97 Å². The molecule has 1 aromatic rings. The lowest BCUT2D eigenvalue weighted by molar-refractivity contribution is -0.147. The molecule has 0 aromatic carbocycles. The number of nitrogens with one attached hydrogen (secondary N) is 1. The average molecular weight is 262 g/mol. The highest BCUT2D eigenvalue weighted by molar-refractivity contribution is 5.85. The Balaban J connectivity index is 1.90. The van der Waals surface area contributed by atoms with Crippen molar-refractivity contribution in [3.63, 3.8) is 0 Å². The molecule has 2 rings (SSSR count). The maximum Gasteiger partial charge on any atom is 0.313 e. The van der Waals surface area contributed by atoms with Crippen molar-refractivity contribution >= 4 is 11.9 Å². The van der Waals surface area contributed by atoms with E-state index in [0.717, 1.165) is 18.4 Å². The summed E-state index contributed by atoms with van der Waals surface area (Å²) in [4.78, 5) is 27.5. The second-order valence-corrected chi connectivity index (χ2v) is 4.99. The molecule has 1 heterocycles. The normalized spacial score (nSPS) is 17.4. The molecule has 1 aliphatic carbocycles. The van der Waals surface area contributed by atoms with Gasteiger partial charge in [0.1, 0.15) is 0 Å². The van der Waals surface area contributed by atoms with Gasteiger partial charge < -0.3 is 10.1 Å². The van der Waals surface area contributed by atoms with E-state index in [1.54, 1.807) is 12.4 Å². The first kappa shape index (κ1) is 13.5. The fraction of sp³-hybridized carbons (Fsp3) is 0.500. The van der Waals surface area contributed by atoms with E-state index < -0.39 is 5.41 Å². The first-order chi connectivity index (χ1) is 9.09. The number of carbonyl (C=O) groups is 2. The fourth-order valence-electron chi connectivity index (χ4n) is 2.03. The number of rotatable bonds is 5. The number of carbonyl (C=O) groups excluding carboxylic acids is 2. The van der Waals surface area contributed by atoms with Gasteiger partial charge in [0.15, 0.2) is 0 Å². The molecule has 1 amide bonds. The Morgan fingerprint density at radius 2 is 2.05 bits per heavy atom. The molecule has 1 N–H and O–H groups in total. The Hall–Kier alpha value is -1.91. The van der Waals surface area contributed by atoms with Gasteiger partial charge in [0, 0.05) is 18.9 Å². The average Bonchev–Trinajstić information content (AvgIpc) is 3.25. The zero-order valence-electron chi connectivity index (χ0n) is 11.2. The highest BCUT2D eigenvalue weighted by atomic mass is 16.5. The van der Waals surface area contributed by atoms with Crippen LogP contribution in [-0.2, 0) is 14.3 Å². The molecule has 1 aromatic heterocycles. The first-order valence-electron chi connectivity index (χ1n) is 6.35. The number of aromatic nitrogens is 1. The van der Waals surface area contributed by atoms with Crippen molar-refractivity contribution in [2.75, 3.05) is 13.7 Å². The largest absolute Gasteiger partial charge is 0.469 e. The molecular formula is C14H18N2O3. The second-order valence-electron chi connectivity index (χ2n) is 4.99. The van der Waals surface area contributed by atoms with Crippen molar-refractivity contribution in [3.05, 3.63) is 30.1 Å². The Kier molecular flexibility index (Phi) is 3.83. The van der Waals surface area contributed by atoms with Crippen LogP contribution in [0.4, 0.5) is 0 Å². The number of amides is 1. The molecule has 5 heteroatoms. The standard InChI is InChI=1S/C14H18N2O3/c1-10(11-3-7-15-8-4-11)12(17)16-9-14(5-6-14)13(18)19-2/h3-4,7-8,10H,5-6,9H2,1-2H3,(H,16,17)/t10-/m0/s1. The number of hydrogen-bond acceptors (Lipinski definition) is 4. The Bertz CT molecular complexity index is 469. The van der Waals surface area contributed by atoms with E-state index in [1.807, 2.05) is 19.1 Å². The number of methoxy groups -OCH3 is 1. The van der Waals surface area contributed by atoms with Gasteiger partial charge in [-0.15, -0.1) is 0 Å². The highest BCUT2D eigenvalue weighted by Crippen LogP contribution is 2.46.